The maximum atomic E-state index is 13.6. The molecule has 0 saturated carbocycles. The van der Waals surface area contributed by atoms with E-state index in [9.17, 15) is 9.18 Å². The van der Waals surface area contributed by atoms with Gasteiger partial charge in [0.15, 0.2) is 23.4 Å². The molecule has 0 unspecified atom stereocenters. The summed E-state index contributed by atoms with van der Waals surface area (Å²) in [5.41, 5.74) is 1.11. The zero-order valence-electron chi connectivity index (χ0n) is 13.1. The van der Waals surface area contributed by atoms with Gasteiger partial charge < -0.3 is 10.1 Å². The van der Waals surface area contributed by atoms with Crippen molar-refractivity contribution in [1.82, 2.24) is 10.3 Å². The summed E-state index contributed by atoms with van der Waals surface area (Å²) >= 11 is 3.35. The number of amides is 1. The first-order valence-corrected chi connectivity index (χ1v) is 8.14. The van der Waals surface area contributed by atoms with Crippen LogP contribution in [0.4, 0.5) is 10.2 Å². The van der Waals surface area contributed by atoms with Crippen LogP contribution in [-0.2, 0) is 4.79 Å². The number of carbonyl (C=O) groups is 1. The van der Waals surface area contributed by atoms with Gasteiger partial charge in [0.2, 0.25) is 5.82 Å². The quantitative estimate of drug-likeness (QED) is 0.692. The van der Waals surface area contributed by atoms with Crippen molar-refractivity contribution in [3.05, 3.63) is 58.8 Å². The van der Waals surface area contributed by atoms with Gasteiger partial charge in [0, 0.05) is 10.0 Å². The number of nitrogens with one attached hydrogen (secondary N) is 1. The lowest BCUT2D eigenvalue weighted by Crippen LogP contribution is -2.30. The number of anilines is 1. The van der Waals surface area contributed by atoms with Crippen LogP contribution in [0.2, 0.25) is 0 Å². The van der Waals surface area contributed by atoms with Crippen LogP contribution in [0.25, 0.3) is 11.3 Å². The third-order valence-electron chi connectivity index (χ3n) is 3.36. The highest BCUT2D eigenvalue weighted by atomic mass is 79.9. The van der Waals surface area contributed by atoms with Crippen LogP contribution in [0.15, 0.2) is 57.6 Å². The highest BCUT2D eigenvalue weighted by Gasteiger charge is 2.21. The second kappa shape index (κ2) is 7.43. The van der Waals surface area contributed by atoms with Crippen molar-refractivity contribution in [2.24, 2.45) is 0 Å². The van der Waals surface area contributed by atoms with Crippen LogP contribution in [0, 0.1) is 5.82 Å². The van der Waals surface area contributed by atoms with Crippen LogP contribution in [0.5, 0.6) is 5.75 Å². The van der Waals surface area contributed by atoms with E-state index in [1.165, 1.54) is 19.1 Å². The second-order valence-corrected chi connectivity index (χ2v) is 6.06. The fourth-order valence-electron chi connectivity index (χ4n) is 2.07. The number of ether oxygens (including phenoxy) is 1. The summed E-state index contributed by atoms with van der Waals surface area (Å²) < 4.78 is 24.6. The van der Waals surface area contributed by atoms with Crippen LogP contribution in [0.3, 0.4) is 0 Å². The zero-order valence-corrected chi connectivity index (χ0v) is 14.7. The summed E-state index contributed by atoms with van der Waals surface area (Å²) in [7, 11) is 0. The van der Waals surface area contributed by atoms with Crippen molar-refractivity contribution in [2.75, 3.05) is 5.32 Å². The van der Waals surface area contributed by atoms with E-state index < -0.39 is 17.8 Å². The Morgan fingerprint density at radius 2 is 1.92 bits per heavy atom. The number of rotatable bonds is 5. The standard InChI is InChI=1S/C17H13BrFN3O3/c1-10(24-14-5-3-2-4-13(14)19)17(23)20-16-15(21-25-22-16)11-6-8-12(18)9-7-11/h2-10H,1H3,(H,20,22,23)/t10-/m0/s1. The minimum Gasteiger partial charge on any atom is -0.478 e. The molecule has 8 heteroatoms. The predicted octanol–water partition coefficient (Wildman–Crippen LogP) is 4.04. The van der Waals surface area contributed by atoms with Gasteiger partial charge in [0.25, 0.3) is 5.91 Å². The molecule has 3 aromatic rings. The minimum atomic E-state index is -0.939. The van der Waals surface area contributed by atoms with E-state index in [1.807, 2.05) is 12.1 Å². The summed E-state index contributed by atoms with van der Waals surface area (Å²) in [6.07, 6.45) is -0.939. The van der Waals surface area contributed by atoms with E-state index in [2.05, 4.69) is 31.6 Å². The molecule has 0 aliphatic carbocycles. The average molecular weight is 406 g/mol. The zero-order chi connectivity index (χ0) is 17.8. The molecule has 1 atom stereocenters. The number of nitrogens with zero attached hydrogens (tertiary/aromatic N) is 2. The molecule has 0 aliphatic rings. The Hall–Kier alpha value is -2.74. The SMILES string of the molecule is C[C@H](Oc1ccccc1F)C(=O)Nc1nonc1-c1ccc(Br)cc1. The largest absolute Gasteiger partial charge is 0.478 e. The Morgan fingerprint density at radius 1 is 1.20 bits per heavy atom. The summed E-state index contributed by atoms with van der Waals surface area (Å²) in [6, 6.07) is 13.1. The molecule has 0 aliphatic heterocycles. The molecular weight excluding hydrogens is 393 g/mol. The molecule has 1 amide bonds. The molecule has 1 heterocycles. The molecule has 0 saturated heterocycles. The van der Waals surface area contributed by atoms with Crippen LogP contribution in [-0.4, -0.2) is 22.3 Å². The van der Waals surface area contributed by atoms with Gasteiger partial charge in [-0.25, -0.2) is 9.02 Å². The van der Waals surface area contributed by atoms with Crippen molar-refractivity contribution in [3.8, 4) is 17.0 Å². The smallest absolute Gasteiger partial charge is 0.266 e. The van der Waals surface area contributed by atoms with Gasteiger partial charge >= 0.3 is 0 Å². The Labute approximate surface area is 151 Å². The summed E-state index contributed by atoms with van der Waals surface area (Å²) in [4.78, 5) is 12.3. The fraction of sp³-hybridized carbons (Fsp3) is 0.118. The van der Waals surface area contributed by atoms with Crippen molar-refractivity contribution in [1.29, 1.82) is 0 Å². The maximum Gasteiger partial charge on any atom is 0.266 e. The first-order valence-electron chi connectivity index (χ1n) is 7.35. The molecule has 0 radical (unpaired) electrons. The number of benzene rings is 2. The van der Waals surface area contributed by atoms with E-state index in [4.69, 9.17) is 9.37 Å². The monoisotopic (exact) mass is 405 g/mol. The van der Waals surface area contributed by atoms with Gasteiger partial charge in [-0.3, -0.25) is 4.79 Å². The summed E-state index contributed by atoms with van der Waals surface area (Å²) in [5, 5.41) is 10.1. The molecule has 2 aromatic carbocycles. The molecule has 0 bridgehead atoms. The molecule has 25 heavy (non-hydrogen) atoms. The van der Waals surface area contributed by atoms with Crippen molar-refractivity contribution in [3.63, 3.8) is 0 Å². The van der Waals surface area contributed by atoms with E-state index in [0.717, 1.165) is 10.0 Å². The van der Waals surface area contributed by atoms with E-state index >= 15 is 0 Å². The Morgan fingerprint density at radius 3 is 2.64 bits per heavy atom. The number of halogens is 2. The van der Waals surface area contributed by atoms with Gasteiger partial charge in [-0.2, -0.15) is 0 Å². The van der Waals surface area contributed by atoms with Crippen LogP contribution in [0.1, 0.15) is 6.92 Å². The number of carbonyl (C=O) groups excluding carboxylic acids is 1. The highest BCUT2D eigenvalue weighted by Crippen LogP contribution is 2.26. The highest BCUT2D eigenvalue weighted by molar-refractivity contribution is 9.10. The lowest BCUT2D eigenvalue weighted by Gasteiger charge is -2.14. The fourth-order valence-corrected chi connectivity index (χ4v) is 2.33. The second-order valence-electron chi connectivity index (χ2n) is 5.15. The number of aromatic nitrogens is 2. The molecule has 0 spiro atoms. The van der Waals surface area contributed by atoms with Crippen LogP contribution < -0.4 is 10.1 Å². The molecule has 6 nitrogen and oxygen atoms in total. The minimum absolute atomic E-state index is 0.00318. The van der Waals surface area contributed by atoms with Crippen molar-refractivity contribution in [2.45, 2.75) is 13.0 Å². The third-order valence-corrected chi connectivity index (χ3v) is 3.89. The van der Waals surface area contributed by atoms with Gasteiger partial charge in [-0.05, 0) is 41.5 Å². The van der Waals surface area contributed by atoms with Gasteiger partial charge in [0.1, 0.15) is 0 Å². The predicted molar refractivity (Wildman–Crippen MR) is 92.6 cm³/mol. The van der Waals surface area contributed by atoms with Gasteiger partial charge in [0.05, 0.1) is 0 Å². The number of hydrogen-bond donors (Lipinski definition) is 1. The number of para-hydroxylation sites is 1. The molecule has 128 valence electrons. The third kappa shape index (κ3) is 4.03. The van der Waals surface area contributed by atoms with E-state index in [-0.39, 0.29) is 11.6 Å². The van der Waals surface area contributed by atoms with E-state index in [0.29, 0.717) is 5.69 Å². The van der Waals surface area contributed by atoms with Gasteiger partial charge in [-0.15, -0.1) is 0 Å². The van der Waals surface area contributed by atoms with E-state index in [1.54, 1.807) is 24.3 Å². The summed E-state index contributed by atoms with van der Waals surface area (Å²) in [5.74, 6) is -0.883. The Bertz CT molecular complexity index is 883. The first-order chi connectivity index (χ1) is 12.0. The lowest BCUT2D eigenvalue weighted by atomic mass is 10.1. The van der Waals surface area contributed by atoms with Crippen molar-refractivity contribution < 1.29 is 18.6 Å². The molecule has 1 aromatic heterocycles. The van der Waals surface area contributed by atoms with Crippen molar-refractivity contribution >= 4 is 27.7 Å². The topological polar surface area (TPSA) is 77.2 Å². The van der Waals surface area contributed by atoms with Gasteiger partial charge in [-0.1, -0.05) is 40.2 Å². The Balaban J connectivity index is 1.72. The molecule has 1 N–H and O–H groups in total. The molecular formula is C17H13BrFN3O3. The Kier molecular flexibility index (Phi) is 5.08. The lowest BCUT2D eigenvalue weighted by molar-refractivity contribution is -0.122. The first kappa shape index (κ1) is 17.1. The normalized spacial score (nSPS) is 11.8. The molecule has 0 fully saturated rings. The number of hydrogen-bond acceptors (Lipinski definition) is 5. The summed E-state index contributed by atoms with van der Waals surface area (Å²) in [6.45, 7) is 1.51. The molecule has 3 rings (SSSR count). The van der Waals surface area contributed by atoms with Crippen LogP contribution >= 0.6 is 15.9 Å². The maximum absolute atomic E-state index is 13.6. The average Bonchev–Trinajstić information content (AvgIpc) is 3.05.